The smallest absolute Gasteiger partial charge is 0.162 e. The lowest BCUT2D eigenvalue weighted by Crippen LogP contribution is -2.28. The first-order valence-electron chi connectivity index (χ1n) is 7.04. The number of nitrogens with zero attached hydrogens (tertiary/aromatic N) is 1. The summed E-state index contributed by atoms with van der Waals surface area (Å²) >= 11 is 0. The predicted octanol–water partition coefficient (Wildman–Crippen LogP) is 3.77. The molecule has 3 heteroatoms. The van der Waals surface area contributed by atoms with Gasteiger partial charge in [0.25, 0.3) is 0 Å². The highest BCUT2D eigenvalue weighted by Crippen LogP contribution is 2.08. The molecule has 2 nitrogen and oxygen atoms in total. The van der Waals surface area contributed by atoms with Crippen LogP contribution in [0.1, 0.15) is 44.0 Å². The van der Waals surface area contributed by atoms with Gasteiger partial charge in [-0.15, -0.1) is 0 Å². The summed E-state index contributed by atoms with van der Waals surface area (Å²) in [5, 5.41) is 0. The zero-order valence-electron chi connectivity index (χ0n) is 12.2. The van der Waals surface area contributed by atoms with Crippen molar-refractivity contribution in [3.63, 3.8) is 0 Å². The number of halogens is 1. The topological polar surface area (TPSA) is 20.3 Å². The number of Topliss-reactive ketones (excluding diaryl/α,β-unsaturated/α-hetero) is 1. The molecule has 19 heavy (non-hydrogen) atoms. The van der Waals surface area contributed by atoms with Crippen LogP contribution in [0, 0.1) is 11.7 Å². The number of ketones is 1. The van der Waals surface area contributed by atoms with Gasteiger partial charge in [-0.05, 0) is 49.7 Å². The third kappa shape index (κ3) is 5.97. The highest BCUT2D eigenvalue weighted by Gasteiger charge is 2.08. The summed E-state index contributed by atoms with van der Waals surface area (Å²) in [4.78, 5) is 14.3. The molecular formula is C16H24FNO. The van der Waals surface area contributed by atoms with E-state index in [9.17, 15) is 9.18 Å². The number of carbonyl (C=O) groups is 1. The molecule has 0 fully saturated rings. The predicted molar refractivity (Wildman–Crippen MR) is 76.9 cm³/mol. The number of carbonyl (C=O) groups excluding carboxylic acids is 1. The second kappa shape index (κ2) is 8.05. The Morgan fingerprint density at radius 3 is 2.42 bits per heavy atom. The van der Waals surface area contributed by atoms with Gasteiger partial charge >= 0.3 is 0 Å². The van der Waals surface area contributed by atoms with Gasteiger partial charge in [0.1, 0.15) is 5.82 Å². The van der Waals surface area contributed by atoms with E-state index in [2.05, 4.69) is 25.7 Å². The number of rotatable bonds is 8. The van der Waals surface area contributed by atoms with E-state index in [0.717, 1.165) is 26.1 Å². The second-order valence-corrected chi connectivity index (χ2v) is 5.32. The largest absolute Gasteiger partial charge is 0.303 e. The molecule has 0 N–H and O–H groups in total. The van der Waals surface area contributed by atoms with Gasteiger partial charge in [0.15, 0.2) is 5.78 Å². The highest BCUT2D eigenvalue weighted by molar-refractivity contribution is 5.95. The van der Waals surface area contributed by atoms with Gasteiger partial charge in [-0.25, -0.2) is 4.39 Å². The molecule has 0 heterocycles. The van der Waals surface area contributed by atoms with Crippen molar-refractivity contribution < 1.29 is 9.18 Å². The molecule has 0 saturated heterocycles. The first-order chi connectivity index (χ1) is 9.02. The van der Waals surface area contributed by atoms with Crippen LogP contribution in [0.4, 0.5) is 4.39 Å². The van der Waals surface area contributed by atoms with E-state index < -0.39 is 0 Å². The van der Waals surface area contributed by atoms with Crippen molar-refractivity contribution in [1.82, 2.24) is 4.90 Å². The lowest BCUT2D eigenvalue weighted by atomic mass is 10.1. The van der Waals surface area contributed by atoms with Crippen LogP contribution in [-0.4, -0.2) is 30.3 Å². The van der Waals surface area contributed by atoms with E-state index in [4.69, 9.17) is 0 Å². The van der Waals surface area contributed by atoms with Crippen LogP contribution in [0.5, 0.6) is 0 Å². The fourth-order valence-electron chi connectivity index (χ4n) is 2.14. The molecule has 0 saturated carbocycles. The van der Waals surface area contributed by atoms with E-state index in [1.807, 2.05) is 0 Å². The summed E-state index contributed by atoms with van der Waals surface area (Å²) in [6, 6.07) is 5.79. The first kappa shape index (κ1) is 15.8. The average Bonchev–Trinajstić information content (AvgIpc) is 2.37. The molecule has 0 unspecified atom stereocenters. The molecule has 0 aromatic heterocycles. The highest BCUT2D eigenvalue weighted by atomic mass is 19.1. The number of hydrogen-bond donors (Lipinski definition) is 0. The van der Waals surface area contributed by atoms with E-state index in [0.29, 0.717) is 17.9 Å². The van der Waals surface area contributed by atoms with Crippen LogP contribution in [0.15, 0.2) is 24.3 Å². The summed E-state index contributed by atoms with van der Waals surface area (Å²) in [5.41, 5.74) is 0.605. The van der Waals surface area contributed by atoms with Gasteiger partial charge in [0.2, 0.25) is 0 Å². The Morgan fingerprint density at radius 1 is 1.26 bits per heavy atom. The van der Waals surface area contributed by atoms with Crippen molar-refractivity contribution in [1.29, 1.82) is 0 Å². The fraction of sp³-hybridized carbons (Fsp3) is 0.562. The van der Waals surface area contributed by atoms with Crippen LogP contribution in [0.25, 0.3) is 0 Å². The lowest BCUT2D eigenvalue weighted by molar-refractivity contribution is 0.0974. The van der Waals surface area contributed by atoms with Crippen molar-refractivity contribution in [2.75, 3.05) is 19.6 Å². The maximum absolute atomic E-state index is 12.8. The summed E-state index contributed by atoms with van der Waals surface area (Å²) in [5.74, 6) is 0.444. The standard InChI is InChI=1S/C16H24FNO/c1-4-18(12-13(2)3)11-5-6-16(19)14-7-9-15(17)10-8-14/h7-10,13H,4-6,11-12H2,1-3H3. The Balaban J connectivity index is 2.35. The van der Waals surface area contributed by atoms with Gasteiger partial charge in [-0.2, -0.15) is 0 Å². The Hall–Kier alpha value is -1.22. The third-order valence-electron chi connectivity index (χ3n) is 3.11. The minimum Gasteiger partial charge on any atom is -0.303 e. The number of hydrogen-bond acceptors (Lipinski definition) is 2. The first-order valence-corrected chi connectivity index (χ1v) is 7.04. The molecule has 0 amide bonds. The molecule has 0 radical (unpaired) electrons. The SMILES string of the molecule is CCN(CCCC(=O)c1ccc(F)cc1)CC(C)C. The third-order valence-corrected chi connectivity index (χ3v) is 3.11. The monoisotopic (exact) mass is 265 g/mol. The second-order valence-electron chi connectivity index (χ2n) is 5.32. The zero-order valence-corrected chi connectivity index (χ0v) is 12.2. The molecule has 1 aromatic carbocycles. The summed E-state index contributed by atoms with van der Waals surface area (Å²) in [6.07, 6.45) is 1.39. The minimum atomic E-state index is -0.300. The molecule has 1 aromatic rings. The van der Waals surface area contributed by atoms with E-state index in [1.54, 1.807) is 12.1 Å². The van der Waals surface area contributed by atoms with Crippen molar-refractivity contribution in [2.45, 2.75) is 33.6 Å². The molecule has 0 spiro atoms. The fourth-order valence-corrected chi connectivity index (χ4v) is 2.14. The van der Waals surface area contributed by atoms with E-state index >= 15 is 0 Å². The van der Waals surface area contributed by atoms with Crippen molar-refractivity contribution in [3.05, 3.63) is 35.6 Å². The summed E-state index contributed by atoms with van der Waals surface area (Å²) in [6.45, 7) is 9.58. The van der Waals surface area contributed by atoms with Gasteiger partial charge in [0.05, 0.1) is 0 Å². The van der Waals surface area contributed by atoms with Gasteiger partial charge < -0.3 is 4.90 Å². The lowest BCUT2D eigenvalue weighted by Gasteiger charge is -2.22. The molecule has 0 aliphatic carbocycles. The van der Waals surface area contributed by atoms with Crippen LogP contribution in [-0.2, 0) is 0 Å². The normalized spacial score (nSPS) is 11.3. The van der Waals surface area contributed by atoms with Gasteiger partial charge in [-0.1, -0.05) is 20.8 Å². The minimum absolute atomic E-state index is 0.0978. The summed E-state index contributed by atoms with van der Waals surface area (Å²) in [7, 11) is 0. The maximum atomic E-state index is 12.8. The van der Waals surface area contributed by atoms with E-state index in [-0.39, 0.29) is 11.6 Å². The van der Waals surface area contributed by atoms with E-state index in [1.165, 1.54) is 12.1 Å². The van der Waals surface area contributed by atoms with Crippen molar-refractivity contribution >= 4 is 5.78 Å². The number of benzene rings is 1. The maximum Gasteiger partial charge on any atom is 0.162 e. The Morgan fingerprint density at radius 2 is 1.89 bits per heavy atom. The van der Waals surface area contributed by atoms with Gasteiger partial charge in [-0.3, -0.25) is 4.79 Å². The Labute approximate surface area is 115 Å². The average molecular weight is 265 g/mol. The molecule has 0 atom stereocenters. The molecular weight excluding hydrogens is 241 g/mol. The quantitative estimate of drug-likeness (QED) is 0.667. The molecule has 1 rings (SSSR count). The van der Waals surface area contributed by atoms with Crippen LogP contribution in [0.2, 0.25) is 0 Å². The van der Waals surface area contributed by atoms with Crippen LogP contribution >= 0.6 is 0 Å². The van der Waals surface area contributed by atoms with Gasteiger partial charge in [0, 0.05) is 18.5 Å². The molecule has 0 aliphatic rings. The molecule has 106 valence electrons. The van der Waals surface area contributed by atoms with Crippen molar-refractivity contribution in [3.8, 4) is 0 Å². The molecule has 0 bridgehead atoms. The van der Waals surface area contributed by atoms with Crippen LogP contribution in [0.3, 0.4) is 0 Å². The summed E-state index contributed by atoms with van der Waals surface area (Å²) < 4.78 is 12.8. The van der Waals surface area contributed by atoms with Crippen molar-refractivity contribution in [2.24, 2.45) is 5.92 Å². The van der Waals surface area contributed by atoms with Crippen LogP contribution < -0.4 is 0 Å². The Bertz CT molecular complexity index is 386. The zero-order chi connectivity index (χ0) is 14.3. The molecule has 0 aliphatic heterocycles. The Kier molecular flexibility index (Phi) is 6.71.